The maximum atomic E-state index is 12.7. The summed E-state index contributed by atoms with van der Waals surface area (Å²) in [6.45, 7) is 7.93. The first-order valence-corrected chi connectivity index (χ1v) is 8.45. The molecular weight excluding hydrogens is 304 g/mol. The number of aromatic nitrogens is 2. The molecule has 2 N–H and O–H groups in total. The van der Waals surface area contributed by atoms with Gasteiger partial charge >= 0.3 is 5.69 Å². The first-order chi connectivity index (χ1) is 11.3. The minimum absolute atomic E-state index is 0.0739. The van der Waals surface area contributed by atoms with Crippen LogP contribution in [0.5, 0.6) is 0 Å². The quantitative estimate of drug-likeness (QED) is 0.846. The van der Waals surface area contributed by atoms with E-state index < -0.39 is 0 Å². The van der Waals surface area contributed by atoms with Crippen LogP contribution in [-0.4, -0.2) is 28.3 Å². The zero-order valence-electron chi connectivity index (χ0n) is 15.1. The van der Waals surface area contributed by atoms with Crippen molar-refractivity contribution in [2.45, 2.75) is 46.2 Å². The normalized spacial score (nSPS) is 18.2. The lowest BCUT2D eigenvalue weighted by atomic mass is 10.1. The van der Waals surface area contributed by atoms with Crippen LogP contribution in [0.2, 0.25) is 0 Å². The van der Waals surface area contributed by atoms with Crippen molar-refractivity contribution in [3.05, 3.63) is 50.2 Å². The predicted octanol–water partition coefficient (Wildman–Crippen LogP) is 1.39. The number of allylic oxidation sites excluding steroid dienone is 4. The van der Waals surface area contributed by atoms with Gasteiger partial charge in [0, 0.05) is 32.2 Å². The Hall–Kier alpha value is -2.08. The van der Waals surface area contributed by atoms with Crippen LogP contribution >= 0.6 is 0 Å². The molecule has 1 saturated heterocycles. The Morgan fingerprint density at radius 1 is 1.38 bits per heavy atom. The minimum Gasteiger partial charge on any atom is -0.356 e. The van der Waals surface area contributed by atoms with E-state index in [1.165, 1.54) is 7.05 Å². The van der Waals surface area contributed by atoms with Gasteiger partial charge in [-0.05, 0) is 39.2 Å². The lowest BCUT2D eigenvalue weighted by Gasteiger charge is -2.34. The first kappa shape index (κ1) is 18.3. The van der Waals surface area contributed by atoms with Gasteiger partial charge in [-0.25, -0.2) is 4.79 Å². The third kappa shape index (κ3) is 3.87. The summed E-state index contributed by atoms with van der Waals surface area (Å²) in [5.41, 5.74) is 7.73. The monoisotopic (exact) mass is 332 g/mol. The third-order valence-electron chi connectivity index (χ3n) is 4.50. The Morgan fingerprint density at radius 3 is 2.67 bits per heavy atom. The van der Waals surface area contributed by atoms with E-state index in [9.17, 15) is 9.59 Å². The van der Waals surface area contributed by atoms with Gasteiger partial charge in [0.25, 0.3) is 5.56 Å². The molecule has 0 amide bonds. The molecule has 24 heavy (non-hydrogen) atoms. The Morgan fingerprint density at radius 2 is 2.08 bits per heavy atom. The molecule has 0 radical (unpaired) electrons. The maximum absolute atomic E-state index is 12.7. The van der Waals surface area contributed by atoms with Crippen molar-refractivity contribution in [1.82, 2.24) is 9.13 Å². The van der Waals surface area contributed by atoms with Gasteiger partial charge in [0.2, 0.25) is 0 Å². The van der Waals surface area contributed by atoms with Gasteiger partial charge in [-0.1, -0.05) is 17.7 Å². The van der Waals surface area contributed by atoms with Crippen molar-refractivity contribution < 1.29 is 0 Å². The molecule has 1 aromatic rings. The highest BCUT2D eigenvalue weighted by atomic mass is 16.2. The molecule has 0 spiro atoms. The molecule has 0 aliphatic carbocycles. The molecule has 1 atom stereocenters. The average molecular weight is 332 g/mol. The molecule has 1 aliphatic heterocycles. The van der Waals surface area contributed by atoms with Crippen LogP contribution in [0, 0.1) is 0 Å². The average Bonchev–Trinajstić information content (AvgIpc) is 2.54. The zero-order chi connectivity index (χ0) is 17.9. The summed E-state index contributed by atoms with van der Waals surface area (Å²) < 4.78 is 2.84. The highest BCUT2D eigenvalue weighted by Gasteiger charge is 2.21. The Kier molecular flexibility index (Phi) is 5.83. The van der Waals surface area contributed by atoms with E-state index in [4.69, 9.17) is 5.73 Å². The Bertz CT molecular complexity index is 766. The summed E-state index contributed by atoms with van der Waals surface area (Å²) in [4.78, 5) is 26.9. The molecule has 1 aromatic heterocycles. The second-order valence-electron chi connectivity index (χ2n) is 6.64. The molecule has 0 aromatic carbocycles. The van der Waals surface area contributed by atoms with Crippen molar-refractivity contribution in [3.63, 3.8) is 0 Å². The number of hydrogen-bond donors (Lipinski definition) is 1. The highest BCUT2D eigenvalue weighted by Crippen LogP contribution is 2.19. The SMILES string of the molecule is CC=CC(Cn1c(N2CCCC(N)C2)cc(=O)n(C)c1=O)=C(C)C. The predicted molar refractivity (Wildman–Crippen MR) is 98.6 cm³/mol. The summed E-state index contributed by atoms with van der Waals surface area (Å²) in [6, 6.07) is 1.63. The van der Waals surface area contributed by atoms with Crippen molar-refractivity contribution in [2.24, 2.45) is 12.8 Å². The first-order valence-electron chi connectivity index (χ1n) is 8.45. The largest absolute Gasteiger partial charge is 0.356 e. The van der Waals surface area contributed by atoms with Crippen LogP contribution < -0.4 is 21.9 Å². The highest BCUT2D eigenvalue weighted by molar-refractivity contribution is 5.41. The molecule has 132 valence electrons. The van der Waals surface area contributed by atoms with Crippen LogP contribution in [0.15, 0.2) is 39.0 Å². The summed E-state index contributed by atoms with van der Waals surface area (Å²) in [5, 5.41) is 0. The standard InChI is InChI=1S/C18H28N4O2/c1-5-7-14(13(2)3)11-22-16(10-17(23)20(4)18(22)24)21-9-6-8-15(19)12-21/h5,7,10,15H,6,8-9,11-12,19H2,1-4H3. The van der Waals surface area contributed by atoms with Crippen molar-refractivity contribution in [1.29, 1.82) is 0 Å². The molecule has 2 rings (SSSR count). The summed E-state index contributed by atoms with van der Waals surface area (Å²) >= 11 is 0. The fourth-order valence-electron chi connectivity index (χ4n) is 3.04. The van der Waals surface area contributed by atoms with E-state index >= 15 is 0 Å². The molecule has 1 aliphatic rings. The fraction of sp³-hybridized carbons (Fsp3) is 0.556. The number of piperidine rings is 1. The van der Waals surface area contributed by atoms with Crippen LogP contribution in [0.25, 0.3) is 0 Å². The van der Waals surface area contributed by atoms with E-state index in [1.54, 1.807) is 10.6 Å². The van der Waals surface area contributed by atoms with E-state index in [-0.39, 0.29) is 17.3 Å². The second kappa shape index (κ2) is 7.66. The second-order valence-corrected chi connectivity index (χ2v) is 6.64. The van der Waals surface area contributed by atoms with Gasteiger partial charge in [0.1, 0.15) is 5.82 Å². The van der Waals surface area contributed by atoms with Crippen LogP contribution in [-0.2, 0) is 13.6 Å². The molecule has 6 heteroatoms. The smallest absolute Gasteiger partial charge is 0.332 e. The molecule has 0 saturated carbocycles. The number of nitrogens with two attached hydrogens (primary N) is 1. The minimum atomic E-state index is -0.292. The number of nitrogens with zero attached hydrogens (tertiary/aromatic N) is 3. The van der Waals surface area contributed by atoms with Gasteiger partial charge in [-0.3, -0.25) is 13.9 Å². The summed E-state index contributed by atoms with van der Waals surface area (Å²) in [5.74, 6) is 0.668. The lowest BCUT2D eigenvalue weighted by Crippen LogP contribution is -2.47. The molecule has 2 heterocycles. The maximum Gasteiger partial charge on any atom is 0.332 e. The Labute approximate surface area is 142 Å². The molecule has 1 unspecified atom stereocenters. The lowest BCUT2D eigenvalue weighted by molar-refractivity contribution is 0.491. The van der Waals surface area contributed by atoms with E-state index in [2.05, 4.69) is 4.90 Å². The number of rotatable bonds is 4. The topological polar surface area (TPSA) is 73.3 Å². The van der Waals surface area contributed by atoms with Crippen molar-refractivity contribution in [3.8, 4) is 0 Å². The van der Waals surface area contributed by atoms with Gasteiger partial charge in [-0.2, -0.15) is 0 Å². The fourth-order valence-corrected chi connectivity index (χ4v) is 3.04. The number of hydrogen-bond acceptors (Lipinski definition) is 4. The van der Waals surface area contributed by atoms with E-state index in [0.717, 1.165) is 35.1 Å². The summed E-state index contributed by atoms with van der Waals surface area (Å²) in [7, 11) is 1.52. The number of anilines is 1. The summed E-state index contributed by atoms with van der Waals surface area (Å²) in [6.07, 6.45) is 5.92. The van der Waals surface area contributed by atoms with Gasteiger partial charge in [-0.15, -0.1) is 0 Å². The van der Waals surface area contributed by atoms with Crippen LogP contribution in [0.1, 0.15) is 33.6 Å². The Balaban J connectivity index is 2.56. The molecule has 6 nitrogen and oxygen atoms in total. The van der Waals surface area contributed by atoms with E-state index in [0.29, 0.717) is 18.9 Å². The van der Waals surface area contributed by atoms with Crippen molar-refractivity contribution in [2.75, 3.05) is 18.0 Å². The molecule has 0 bridgehead atoms. The molecule has 1 fully saturated rings. The van der Waals surface area contributed by atoms with Crippen LogP contribution in [0.4, 0.5) is 5.82 Å². The van der Waals surface area contributed by atoms with Gasteiger partial charge in [0.05, 0.1) is 6.54 Å². The van der Waals surface area contributed by atoms with Crippen molar-refractivity contribution >= 4 is 5.82 Å². The van der Waals surface area contributed by atoms with E-state index in [1.807, 2.05) is 32.9 Å². The zero-order valence-corrected chi connectivity index (χ0v) is 15.1. The van der Waals surface area contributed by atoms with Crippen LogP contribution in [0.3, 0.4) is 0 Å². The van der Waals surface area contributed by atoms with Gasteiger partial charge < -0.3 is 10.6 Å². The van der Waals surface area contributed by atoms with Gasteiger partial charge in [0.15, 0.2) is 0 Å². The molecular formula is C18H28N4O2. The third-order valence-corrected chi connectivity index (χ3v) is 4.50.